The van der Waals surface area contributed by atoms with E-state index in [9.17, 15) is 17.4 Å². The highest BCUT2D eigenvalue weighted by Crippen LogP contribution is 2.22. The molecule has 2 unspecified atom stereocenters. The summed E-state index contributed by atoms with van der Waals surface area (Å²) in [4.78, 5) is 10.9. The monoisotopic (exact) mass is 335 g/mol. The summed E-state index contributed by atoms with van der Waals surface area (Å²) in [6.45, 7) is 1.58. The summed E-state index contributed by atoms with van der Waals surface area (Å²) >= 11 is 0. The number of carboxylic acid groups (broad SMARTS) is 1. The molecule has 1 aromatic carbocycles. The molecule has 0 aliphatic heterocycles. The number of hydrogen-bond donors (Lipinski definition) is 2. The molecule has 118 valence electrons. The number of benzene rings is 1. The highest BCUT2D eigenvalue weighted by atomic mass is 32.2. The van der Waals surface area contributed by atoms with Gasteiger partial charge >= 0.3 is 5.97 Å². The van der Waals surface area contributed by atoms with Gasteiger partial charge in [0, 0.05) is 28.9 Å². The molecule has 0 saturated carbocycles. The molecule has 0 aromatic heterocycles. The van der Waals surface area contributed by atoms with Gasteiger partial charge < -0.3 is 9.84 Å². The Labute approximate surface area is 125 Å². The number of ether oxygens (including phenoxy) is 1. The second kappa shape index (κ2) is 7.01. The van der Waals surface area contributed by atoms with E-state index in [1.165, 1.54) is 25.5 Å². The Kier molecular flexibility index (Phi) is 5.87. The summed E-state index contributed by atoms with van der Waals surface area (Å²) in [5.41, 5.74) is -0.243. The maximum atomic E-state index is 12.2. The topological polar surface area (TPSA) is 110 Å². The number of methoxy groups -OCH3 is 1. The van der Waals surface area contributed by atoms with E-state index in [2.05, 4.69) is 4.72 Å². The molecule has 0 spiro atoms. The molecule has 7 nitrogen and oxygen atoms in total. The van der Waals surface area contributed by atoms with Gasteiger partial charge in [0.1, 0.15) is 11.3 Å². The molecule has 1 aromatic rings. The van der Waals surface area contributed by atoms with Crippen molar-refractivity contribution in [1.29, 1.82) is 0 Å². The minimum Gasteiger partial charge on any atom is -0.496 e. The van der Waals surface area contributed by atoms with Gasteiger partial charge in [0.15, 0.2) is 0 Å². The number of aromatic carboxylic acids is 1. The molecule has 0 radical (unpaired) electrons. The first-order valence-electron chi connectivity index (χ1n) is 5.91. The van der Waals surface area contributed by atoms with Crippen LogP contribution in [0.1, 0.15) is 17.3 Å². The zero-order valence-electron chi connectivity index (χ0n) is 11.8. The normalized spacial score (nSPS) is 14.4. The van der Waals surface area contributed by atoms with E-state index in [0.717, 1.165) is 6.07 Å². The first-order chi connectivity index (χ1) is 9.67. The predicted molar refractivity (Wildman–Crippen MR) is 78.7 cm³/mol. The second-order valence-electron chi connectivity index (χ2n) is 4.43. The van der Waals surface area contributed by atoms with Crippen LogP contribution in [0.15, 0.2) is 23.1 Å². The predicted octanol–water partition coefficient (Wildman–Crippen LogP) is 0.439. The Morgan fingerprint density at radius 2 is 2.10 bits per heavy atom. The van der Waals surface area contributed by atoms with E-state index >= 15 is 0 Å². The van der Waals surface area contributed by atoms with E-state index in [0.29, 0.717) is 0 Å². The van der Waals surface area contributed by atoms with Crippen LogP contribution in [0.5, 0.6) is 5.75 Å². The zero-order chi connectivity index (χ0) is 16.2. The van der Waals surface area contributed by atoms with Gasteiger partial charge in [-0.05, 0) is 25.1 Å². The van der Waals surface area contributed by atoms with Crippen LogP contribution >= 0.6 is 0 Å². The lowest BCUT2D eigenvalue weighted by Crippen LogP contribution is -2.36. The highest BCUT2D eigenvalue weighted by molar-refractivity contribution is 7.89. The Bertz CT molecular complexity index is 656. The van der Waals surface area contributed by atoms with E-state index in [-0.39, 0.29) is 22.0 Å². The molecule has 0 aliphatic rings. The molecule has 0 fully saturated rings. The first kappa shape index (κ1) is 17.6. The summed E-state index contributed by atoms with van der Waals surface area (Å²) in [5.74, 6) is -1.04. The second-order valence-corrected chi connectivity index (χ2v) is 7.62. The minimum atomic E-state index is -3.89. The summed E-state index contributed by atoms with van der Waals surface area (Å²) in [6, 6.07) is 3.03. The fourth-order valence-electron chi connectivity index (χ4n) is 1.74. The highest BCUT2D eigenvalue weighted by Gasteiger charge is 2.21. The Morgan fingerprint density at radius 3 is 2.57 bits per heavy atom. The molecule has 0 heterocycles. The lowest BCUT2D eigenvalue weighted by atomic mass is 10.2. The molecular weight excluding hydrogens is 318 g/mol. The van der Waals surface area contributed by atoms with Crippen molar-refractivity contribution in [3.8, 4) is 5.75 Å². The zero-order valence-corrected chi connectivity index (χ0v) is 13.5. The first-order valence-corrected chi connectivity index (χ1v) is 9.12. The summed E-state index contributed by atoms with van der Waals surface area (Å²) < 4.78 is 42.6. The van der Waals surface area contributed by atoms with Gasteiger partial charge in [0.05, 0.1) is 12.0 Å². The van der Waals surface area contributed by atoms with Crippen molar-refractivity contribution >= 4 is 26.8 Å². The third-order valence-corrected chi connectivity index (χ3v) is 5.11. The third kappa shape index (κ3) is 4.80. The van der Waals surface area contributed by atoms with E-state index in [4.69, 9.17) is 9.84 Å². The van der Waals surface area contributed by atoms with Crippen molar-refractivity contribution in [3.63, 3.8) is 0 Å². The number of sulfonamides is 1. The smallest absolute Gasteiger partial charge is 0.339 e. The number of carbonyl (C=O) groups is 1. The number of carboxylic acids is 1. The van der Waals surface area contributed by atoms with Crippen LogP contribution in [0.4, 0.5) is 0 Å². The van der Waals surface area contributed by atoms with E-state index in [1.807, 2.05) is 0 Å². The van der Waals surface area contributed by atoms with Crippen molar-refractivity contribution in [3.05, 3.63) is 23.8 Å². The molecule has 0 aliphatic carbocycles. The number of nitrogens with one attached hydrogen (secondary N) is 1. The Hall–Kier alpha value is -1.45. The van der Waals surface area contributed by atoms with Crippen LogP contribution in [-0.2, 0) is 20.8 Å². The molecule has 0 amide bonds. The molecular formula is C12H17NO6S2. The van der Waals surface area contributed by atoms with Crippen LogP contribution in [0.3, 0.4) is 0 Å². The third-order valence-electron chi connectivity index (χ3n) is 2.55. The molecule has 0 bridgehead atoms. The van der Waals surface area contributed by atoms with Crippen LogP contribution in [-0.4, -0.2) is 48.9 Å². The molecule has 9 heteroatoms. The Balaban J connectivity index is 3.12. The van der Waals surface area contributed by atoms with Crippen molar-refractivity contribution in [2.75, 3.05) is 19.1 Å². The van der Waals surface area contributed by atoms with E-state index in [1.54, 1.807) is 6.92 Å². The number of hydrogen-bond acceptors (Lipinski definition) is 5. The van der Waals surface area contributed by atoms with Gasteiger partial charge in [-0.2, -0.15) is 0 Å². The van der Waals surface area contributed by atoms with Gasteiger partial charge in [-0.3, -0.25) is 4.21 Å². The number of rotatable bonds is 7. The maximum absolute atomic E-state index is 12.2. The van der Waals surface area contributed by atoms with Crippen molar-refractivity contribution in [2.24, 2.45) is 0 Å². The van der Waals surface area contributed by atoms with Gasteiger partial charge in [0.25, 0.3) is 0 Å². The van der Waals surface area contributed by atoms with Gasteiger partial charge in [-0.1, -0.05) is 0 Å². The van der Waals surface area contributed by atoms with Crippen LogP contribution in [0, 0.1) is 0 Å². The largest absolute Gasteiger partial charge is 0.496 e. The summed E-state index contributed by atoms with van der Waals surface area (Å²) in [6.07, 6.45) is 1.47. The quantitative estimate of drug-likeness (QED) is 0.748. The standard InChI is InChI=1S/C12H17NO6S2/c1-8(7-20(3)16)13-21(17,18)9-4-5-11(19-2)10(6-9)12(14)15/h4-6,8,13H,7H2,1-3H3,(H,14,15). The van der Waals surface area contributed by atoms with Crippen molar-refractivity contribution in [2.45, 2.75) is 17.9 Å². The minimum absolute atomic E-state index is 0.0733. The average Bonchev–Trinajstić information content (AvgIpc) is 2.35. The molecule has 2 N–H and O–H groups in total. The molecule has 21 heavy (non-hydrogen) atoms. The maximum Gasteiger partial charge on any atom is 0.339 e. The van der Waals surface area contributed by atoms with Crippen LogP contribution in [0.2, 0.25) is 0 Å². The van der Waals surface area contributed by atoms with Gasteiger partial charge in [-0.25, -0.2) is 17.9 Å². The van der Waals surface area contributed by atoms with Crippen molar-refractivity contribution < 1.29 is 27.3 Å². The lowest BCUT2D eigenvalue weighted by molar-refractivity contribution is 0.0693. The lowest BCUT2D eigenvalue weighted by Gasteiger charge is -2.14. The molecule has 0 saturated heterocycles. The average molecular weight is 335 g/mol. The van der Waals surface area contributed by atoms with Gasteiger partial charge in [-0.15, -0.1) is 0 Å². The Morgan fingerprint density at radius 1 is 1.48 bits per heavy atom. The summed E-state index contributed by atoms with van der Waals surface area (Å²) in [7, 11) is -3.74. The fraction of sp³-hybridized carbons (Fsp3) is 0.417. The molecule has 2 atom stereocenters. The SMILES string of the molecule is COc1ccc(S(=O)(=O)NC(C)CS(C)=O)cc1C(=O)O. The van der Waals surface area contributed by atoms with Gasteiger partial charge in [0.2, 0.25) is 10.0 Å². The summed E-state index contributed by atoms with van der Waals surface area (Å²) in [5, 5.41) is 9.05. The van der Waals surface area contributed by atoms with Crippen molar-refractivity contribution in [1.82, 2.24) is 4.72 Å². The van der Waals surface area contributed by atoms with Crippen LogP contribution < -0.4 is 9.46 Å². The fourth-order valence-corrected chi connectivity index (χ4v) is 3.90. The molecule has 1 rings (SSSR count). The van der Waals surface area contributed by atoms with Crippen LogP contribution in [0.25, 0.3) is 0 Å². The van der Waals surface area contributed by atoms with E-state index < -0.39 is 32.8 Å².